The Kier molecular flexibility index (Phi) is 3.44. The van der Waals surface area contributed by atoms with Crippen LogP contribution in [0.4, 0.5) is 5.82 Å². The normalized spacial score (nSPS) is 21.5. The van der Waals surface area contributed by atoms with Crippen molar-refractivity contribution in [2.24, 2.45) is 5.73 Å². The largest absolute Gasteiger partial charge is 0.355 e. The van der Waals surface area contributed by atoms with Crippen molar-refractivity contribution in [2.75, 3.05) is 18.0 Å². The summed E-state index contributed by atoms with van der Waals surface area (Å²) in [4.78, 5) is 7.01. The lowest BCUT2D eigenvalue weighted by atomic mass is 10.1. The molecule has 0 unspecified atom stereocenters. The molecule has 1 aliphatic heterocycles. The van der Waals surface area contributed by atoms with E-state index >= 15 is 0 Å². The average Bonchev–Trinajstić information content (AvgIpc) is 2.29. The van der Waals surface area contributed by atoms with Crippen LogP contribution in [0.25, 0.3) is 0 Å². The summed E-state index contributed by atoms with van der Waals surface area (Å²) in [6.07, 6.45) is 2.31. The Balaban J connectivity index is 2.16. The van der Waals surface area contributed by atoms with Gasteiger partial charge in [-0.3, -0.25) is 0 Å². The highest BCUT2D eigenvalue weighted by molar-refractivity contribution is 5.40. The maximum atomic E-state index is 5.99. The molecule has 16 heavy (non-hydrogen) atoms. The first-order valence-corrected chi connectivity index (χ1v) is 6.14. The maximum absolute atomic E-state index is 5.99. The molecule has 0 bridgehead atoms. The van der Waals surface area contributed by atoms with Gasteiger partial charge >= 0.3 is 0 Å². The minimum atomic E-state index is 0.304. The number of piperidine rings is 1. The van der Waals surface area contributed by atoms with E-state index in [-0.39, 0.29) is 0 Å². The van der Waals surface area contributed by atoms with Gasteiger partial charge < -0.3 is 10.6 Å². The van der Waals surface area contributed by atoms with Crippen LogP contribution in [0.5, 0.6) is 0 Å². The van der Waals surface area contributed by atoms with Crippen molar-refractivity contribution in [3.63, 3.8) is 0 Å². The lowest BCUT2D eigenvalue weighted by Crippen LogP contribution is -2.43. The summed E-state index contributed by atoms with van der Waals surface area (Å²) in [5.74, 6) is 1.57. The van der Waals surface area contributed by atoms with Crippen LogP contribution in [-0.2, 0) is 0 Å². The number of nitrogens with zero attached hydrogens (tertiary/aromatic N) is 2. The zero-order chi connectivity index (χ0) is 11.5. The van der Waals surface area contributed by atoms with Gasteiger partial charge in [-0.2, -0.15) is 0 Å². The lowest BCUT2D eigenvalue weighted by Gasteiger charge is -2.32. The predicted octanol–water partition coefficient (Wildman–Crippen LogP) is 2.13. The summed E-state index contributed by atoms with van der Waals surface area (Å²) >= 11 is 0. The minimum absolute atomic E-state index is 0.304. The van der Waals surface area contributed by atoms with Gasteiger partial charge in [0.1, 0.15) is 5.82 Å². The van der Waals surface area contributed by atoms with Crippen molar-refractivity contribution in [3.05, 3.63) is 23.9 Å². The zero-order valence-electron chi connectivity index (χ0n) is 10.2. The van der Waals surface area contributed by atoms with Crippen molar-refractivity contribution < 1.29 is 0 Å². The standard InChI is InChI=1S/C13H21N3/c1-10(2)12-6-3-7-13(15-12)16-8-4-5-11(14)9-16/h3,6-7,10-11H,4-5,8-9,14H2,1-2H3/t11-/m1/s1. The van der Waals surface area contributed by atoms with E-state index < -0.39 is 0 Å². The van der Waals surface area contributed by atoms with Gasteiger partial charge in [0, 0.05) is 24.8 Å². The van der Waals surface area contributed by atoms with Crippen molar-refractivity contribution in [1.82, 2.24) is 4.98 Å². The molecular weight excluding hydrogens is 198 g/mol. The Morgan fingerprint density at radius 1 is 1.44 bits per heavy atom. The zero-order valence-corrected chi connectivity index (χ0v) is 10.2. The number of nitrogens with two attached hydrogens (primary N) is 1. The molecule has 0 saturated carbocycles. The van der Waals surface area contributed by atoms with E-state index in [1.807, 2.05) is 0 Å². The van der Waals surface area contributed by atoms with Gasteiger partial charge in [0.15, 0.2) is 0 Å². The second kappa shape index (κ2) is 4.83. The summed E-state index contributed by atoms with van der Waals surface area (Å²) in [6, 6.07) is 6.58. The topological polar surface area (TPSA) is 42.1 Å². The fourth-order valence-electron chi connectivity index (χ4n) is 2.16. The molecule has 88 valence electrons. The van der Waals surface area contributed by atoms with Crippen molar-refractivity contribution in [3.8, 4) is 0 Å². The number of rotatable bonds is 2. The Bertz CT molecular complexity index is 349. The molecule has 0 aromatic carbocycles. The Morgan fingerprint density at radius 2 is 2.25 bits per heavy atom. The SMILES string of the molecule is CC(C)c1cccc(N2CCC[C@@H](N)C2)n1. The molecule has 2 heterocycles. The molecule has 3 nitrogen and oxygen atoms in total. The Labute approximate surface area is 97.7 Å². The van der Waals surface area contributed by atoms with E-state index in [9.17, 15) is 0 Å². The predicted molar refractivity (Wildman–Crippen MR) is 67.7 cm³/mol. The summed E-state index contributed by atoms with van der Waals surface area (Å²) in [5, 5.41) is 0. The molecule has 2 rings (SSSR count). The van der Waals surface area contributed by atoms with E-state index in [4.69, 9.17) is 10.7 Å². The Hall–Kier alpha value is -1.09. The lowest BCUT2D eigenvalue weighted by molar-refractivity contribution is 0.502. The van der Waals surface area contributed by atoms with Crippen LogP contribution in [0.3, 0.4) is 0 Å². The van der Waals surface area contributed by atoms with Gasteiger partial charge in [-0.25, -0.2) is 4.98 Å². The van der Waals surface area contributed by atoms with E-state index in [0.717, 1.165) is 31.0 Å². The van der Waals surface area contributed by atoms with Crippen LogP contribution in [0.15, 0.2) is 18.2 Å². The quantitative estimate of drug-likeness (QED) is 0.828. The van der Waals surface area contributed by atoms with Gasteiger partial charge in [-0.05, 0) is 30.9 Å². The maximum Gasteiger partial charge on any atom is 0.128 e. The highest BCUT2D eigenvalue weighted by Gasteiger charge is 2.18. The smallest absolute Gasteiger partial charge is 0.128 e. The molecule has 2 N–H and O–H groups in total. The van der Waals surface area contributed by atoms with Crippen molar-refractivity contribution >= 4 is 5.82 Å². The van der Waals surface area contributed by atoms with E-state index in [1.54, 1.807) is 0 Å². The molecule has 0 amide bonds. The van der Waals surface area contributed by atoms with Crippen LogP contribution >= 0.6 is 0 Å². The van der Waals surface area contributed by atoms with Gasteiger partial charge in [0.05, 0.1) is 0 Å². The third kappa shape index (κ3) is 2.53. The minimum Gasteiger partial charge on any atom is -0.355 e. The van der Waals surface area contributed by atoms with Crippen LogP contribution in [-0.4, -0.2) is 24.1 Å². The number of hydrogen-bond donors (Lipinski definition) is 1. The summed E-state index contributed by atoms with van der Waals surface area (Å²) < 4.78 is 0. The molecule has 1 aromatic heterocycles. The van der Waals surface area contributed by atoms with Gasteiger partial charge in [-0.15, -0.1) is 0 Å². The first kappa shape index (κ1) is 11.4. The third-order valence-corrected chi connectivity index (χ3v) is 3.13. The number of hydrogen-bond acceptors (Lipinski definition) is 3. The first-order chi connectivity index (χ1) is 7.66. The number of anilines is 1. The highest BCUT2D eigenvalue weighted by atomic mass is 15.2. The molecule has 0 aliphatic carbocycles. The van der Waals surface area contributed by atoms with Gasteiger partial charge in [0.2, 0.25) is 0 Å². The molecule has 1 aliphatic rings. The molecule has 0 spiro atoms. The van der Waals surface area contributed by atoms with Crippen LogP contribution < -0.4 is 10.6 Å². The first-order valence-electron chi connectivity index (χ1n) is 6.14. The molecular formula is C13H21N3. The van der Waals surface area contributed by atoms with Crippen LogP contribution in [0.1, 0.15) is 38.3 Å². The van der Waals surface area contributed by atoms with Crippen LogP contribution in [0, 0.1) is 0 Å². The van der Waals surface area contributed by atoms with E-state index in [1.165, 1.54) is 6.42 Å². The number of pyridine rings is 1. The molecule has 1 aromatic rings. The highest BCUT2D eigenvalue weighted by Crippen LogP contribution is 2.20. The van der Waals surface area contributed by atoms with Crippen molar-refractivity contribution in [1.29, 1.82) is 0 Å². The van der Waals surface area contributed by atoms with E-state index in [2.05, 4.69) is 36.9 Å². The Morgan fingerprint density at radius 3 is 2.94 bits per heavy atom. The second-order valence-corrected chi connectivity index (χ2v) is 4.92. The second-order valence-electron chi connectivity index (χ2n) is 4.92. The monoisotopic (exact) mass is 219 g/mol. The fourth-order valence-corrected chi connectivity index (χ4v) is 2.16. The molecule has 1 atom stereocenters. The van der Waals surface area contributed by atoms with E-state index in [0.29, 0.717) is 12.0 Å². The number of aromatic nitrogens is 1. The van der Waals surface area contributed by atoms with Gasteiger partial charge in [-0.1, -0.05) is 19.9 Å². The van der Waals surface area contributed by atoms with Crippen molar-refractivity contribution in [2.45, 2.75) is 38.6 Å². The fraction of sp³-hybridized carbons (Fsp3) is 0.615. The average molecular weight is 219 g/mol. The molecule has 1 saturated heterocycles. The summed E-state index contributed by atoms with van der Waals surface area (Å²) in [5.41, 5.74) is 7.15. The summed E-state index contributed by atoms with van der Waals surface area (Å²) in [6.45, 7) is 6.37. The van der Waals surface area contributed by atoms with Gasteiger partial charge in [0.25, 0.3) is 0 Å². The summed E-state index contributed by atoms with van der Waals surface area (Å²) in [7, 11) is 0. The third-order valence-electron chi connectivity index (χ3n) is 3.13. The van der Waals surface area contributed by atoms with Crippen LogP contribution in [0.2, 0.25) is 0 Å². The molecule has 3 heteroatoms. The molecule has 1 fully saturated rings. The molecule has 0 radical (unpaired) electrons.